The summed E-state index contributed by atoms with van der Waals surface area (Å²) in [6.07, 6.45) is 3.66. The molecule has 4 heteroatoms. The Kier molecular flexibility index (Phi) is 3.93. The Morgan fingerprint density at radius 3 is 1.66 bits per heavy atom. The van der Waals surface area contributed by atoms with Gasteiger partial charge in [0.05, 0.1) is 11.0 Å². The first-order chi connectivity index (χ1) is 18.9. The standard InChI is InChI=1S/C34H19N3S/c1-3-12-22-20(10-1)21-11-2-5-14-24(21)32-29(22)30-31-28(23-13-4-6-15-25(23)33(30)38-32)26-16-7-8-17-27(26)37(31)34-35-18-9-19-36-34/h1-19H. The SMILES string of the molecule is c1cnc(-n2c3ccccc3c3c4ccccc4c4sc5c6ccccc6c6ccccc6c5c4c32)nc1. The smallest absolute Gasteiger partial charge is 0.234 e. The van der Waals surface area contributed by atoms with Crippen LogP contribution in [0.4, 0.5) is 0 Å². The Hall–Kier alpha value is -4.80. The minimum absolute atomic E-state index is 0.694. The Bertz CT molecular complexity index is 2400. The second-order valence-corrected chi connectivity index (χ2v) is 10.8. The number of fused-ring (bicyclic) bond motifs is 15. The number of para-hydroxylation sites is 1. The van der Waals surface area contributed by atoms with Crippen molar-refractivity contribution in [3.63, 3.8) is 0 Å². The number of hydrogen-bond donors (Lipinski definition) is 0. The minimum Gasteiger partial charge on any atom is -0.277 e. The normalized spacial score (nSPS) is 12.2. The Labute approximate surface area is 221 Å². The van der Waals surface area contributed by atoms with Crippen molar-refractivity contribution in [3.05, 3.63) is 116 Å². The highest BCUT2D eigenvalue weighted by Crippen LogP contribution is 2.51. The fraction of sp³-hybridized carbons (Fsp3) is 0. The molecule has 0 aliphatic carbocycles. The van der Waals surface area contributed by atoms with Gasteiger partial charge in [0, 0.05) is 54.1 Å². The number of nitrogens with zero attached hydrogens (tertiary/aromatic N) is 3. The highest BCUT2D eigenvalue weighted by atomic mass is 32.1. The average Bonchev–Trinajstić information content (AvgIpc) is 3.55. The maximum Gasteiger partial charge on any atom is 0.234 e. The van der Waals surface area contributed by atoms with Crippen LogP contribution in [0.15, 0.2) is 116 Å². The fourth-order valence-electron chi connectivity index (χ4n) is 6.41. The highest BCUT2D eigenvalue weighted by molar-refractivity contribution is 7.28. The molecule has 0 aliphatic rings. The number of benzene rings is 6. The predicted molar refractivity (Wildman–Crippen MR) is 162 cm³/mol. The van der Waals surface area contributed by atoms with Gasteiger partial charge < -0.3 is 0 Å². The summed E-state index contributed by atoms with van der Waals surface area (Å²) in [4.78, 5) is 9.48. The molecule has 0 fully saturated rings. The summed E-state index contributed by atoms with van der Waals surface area (Å²) in [7, 11) is 0. The Morgan fingerprint density at radius 2 is 0.947 bits per heavy atom. The summed E-state index contributed by atoms with van der Waals surface area (Å²) < 4.78 is 4.91. The van der Waals surface area contributed by atoms with E-state index in [-0.39, 0.29) is 0 Å². The lowest BCUT2D eigenvalue weighted by Gasteiger charge is -2.10. The molecule has 0 unspecified atom stereocenters. The number of hydrogen-bond acceptors (Lipinski definition) is 3. The molecule has 0 saturated carbocycles. The molecule has 0 atom stereocenters. The van der Waals surface area contributed by atoms with Gasteiger partial charge in [0.25, 0.3) is 0 Å². The number of thiophene rings is 1. The lowest BCUT2D eigenvalue weighted by atomic mass is 9.94. The van der Waals surface area contributed by atoms with Gasteiger partial charge in [-0.05, 0) is 33.7 Å². The topological polar surface area (TPSA) is 30.7 Å². The van der Waals surface area contributed by atoms with E-state index >= 15 is 0 Å². The van der Waals surface area contributed by atoms with Crippen molar-refractivity contribution >= 4 is 85.6 Å². The van der Waals surface area contributed by atoms with Crippen LogP contribution in [0.25, 0.3) is 80.2 Å². The van der Waals surface area contributed by atoms with Gasteiger partial charge in [-0.15, -0.1) is 11.3 Å². The molecule has 9 rings (SSSR count). The molecule has 9 aromatic rings. The van der Waals surface area contributed by atoms with Crippen molar-refractivity contribution in [3.8, 4) is 5.95 Å². The van der Waals surface area contributed by atoms with Crippen molar-refractivity contribution in [1.82, 2.24) is 14.5 Å². The van der Waals surface area contributed by atoms with Crippen LogP contribution in [-0.2, 0) is 0 Å². The molecule has 0 radical (unpaired) electrons. The van der Waals surface area contributed by atoms with Crippen LogP contribution in [0.1, 0.15) is 0 Å². The molecule has 3 nitrogen and oxygen atoms in total. The van der Waals surface area contributed by atoms with Gasteiger partial charge >= 0.3 is 0 Å². The summed E-state index contributed by atoms with van der Waals surface area (Å²) in [5, 5.41) is 12.8. The van der Waals surface area contributed by atoms with Crippen LogP contribution in [0.2, 0.25) is 0 Å². The van der Waals surface area contributed by atoms with E-state index in [4.69, 9.17) is 9.97 Å². The first-order valence-corrected chi connectivity index (χ1v) is 13.6. The molecule has 0 N–H and O–H groups in total. The Morgan fingerprint density at radius 1 is 0.447 bits per heavy atom. The van der Waals surface area contributed by atoms with E-state index in [2.05, 4.69) is 102 Å². The third-order valence-corrected chi connectivity index (χ3v) is 9.13. The maximum atomic E-state index is 4.74. The first kappa shape index (κ1) is 20.3. The quantitative estimate of drug-likeness (QED) is 0.210. The average molecular weight is 502 g/mol. The van der Waals surface area contributed by atoms with E-state index in [1.54, 1.807) is 0 Å². The first-order valence-electron chi connectivity index (χ1n) is 12.8. The zero-order valence-electron chi connectivity index (χ0n) is 20.2. The summed E-state index contributed by atoms with van der Waals surface area (Å²) >= 11 is 1.91. The van der Waals surface area contributed by atoms with Crippen molar-refractivity contribution in [2.75, 3.05) is 0 Å². The Balaban J connectivity index is 1.71. The second kappa shape index (κ2) is 7.37. The van der Waals surface area contributed by atoms with Crippen LogP contribution >= 0.6 is 11.3 Å². The molecule has 0 bridgehead atoms. The number of rotatable bonds is 1. The van der Waals surface area contributed by atoms with Gasteiger partial charge in [-0.2, -0.15) is 0 Å². The van der Waals surface area contributed by atoms with Gasteiger partial charge in [0.1, 0.15) is 0 Å². The number of aromatic nitrogens is 3. The van der Waals surface area contributed by atoms with Crippen LogP contribution in [-0.4, -0.2) is 14.5 Å². The van der Waals surface area contributed by atoms with E-state index in [9.17, 15) is 0 Å². The molecule has 0 amide bonds. The third-order valence-electron chi connectivity index (χ3n) is 7.87. The largest absolute Gasteiger partial charge is 0.277 e. The van der Waals surface area contributed by atoms with Crippen LogP contribution in [0.5, 0.6) is 0 Å². The predicted octanol–water partition coefficient (Wildman–Crippen LogP) is 9.40. The van der Waals surface area contributed by atoms with E-state index in [1.165, 1.54) is 68.8 Å². The molecule has 6 aromatic carbocycles. The molecular formula is C34H19N3S. The molecule has 3 heterocycles. The van der Waals surface area contributed by atoms with E-state index in [0.717, 1.165) is 5.52 Å². The van der Waals surface area contributed by atoms with Gasteiger partial charge in [-0.25, -0.2) is 9.97 Å². The second-order valence-electron chi connectivity index (χ2n) is 9.77. The summed E-state index contributed by atoms with van der Waals surface area (Å²) in [5.41, 5.74) is 2.30. The van der Waals surface area contributed by atoms with Crippen molar-refractivity contribution in [1.29, 1.82) is 0 Å². The summed E-state index contributed by atoms with van der Waals surface area (Å²) in [5.74, 6) is 0.694. The van der Waals surface area contributed by atoms with E-state index in [0.29, 0.717) is 5.95 Å². The monoisotopic (exact) mass is 501 g/mol. The lowest BCUT2D eigenvalue weighted by molar-refractivity contribution is 0.991. The molecule has 0 spiro atoms. The van der Waals surface area contributed by atoms with E-state index < -0.39 is 0 Å². The molecular weight excluding hydrogens is 482 g/mol. The van der Waals surface area contributed by atoms with Crippen LogP contribution in [0.3, 0.4) is 0 Å². The molecule has 3 aromatic heterocycles. The van der Waals surface area contributed by atoms with Gasteiger partial charge in [0.2, 0.25) is 5.95 Å². The fourth-order valence-corrected chi connectivity index (χ4v) is 7.80. The lowest BCUT2D eigenvalue weighted by Crippen LogP contribution is -2.00. The molecule has 38 heavy (non-hydrogen) atoms. The molecule has 0 aliphatic heterocycles. The van der Waals surface area contributed by atoms with Gasteiger partial charge in [-0.1, -0.05) is 91.0 Å². The van der Waals surface area contributed by atoms with Crippen LogP contribution in [0, 0.1) is 0 Å². The van der Waals surface area contributed by atoms with E-state index in [1.807, 2.05) is 29.8 Å². The molecule has 176 valence electrons. The molecule has 0 saturated heterocycles. The third kappa shape index (κ3) is 2.48. The van der Waals surface area contributed by atoms with Gasteiger partial charge in [0.15, 0.2) is 0 Å². The summed E-state index contributed by atoms with van der Waals surface area (Å²) in [6.45, 7) is 0. The minimum atomic E-state index is 0.694. The zero-order chi connectivity index (χ0) is 24.8. The summed E-state index contributed by atoms with van der Waals surface area (Å²) in [6, 6.07) is 37.1. The van der Waals surface area contributed by atoms with Crippen molar-refractivity contribution in [2.45, 2.75) is 0 Å². The maximum absolute atomic E-state index is 4.74. The zero-order valence-corrected chi connectivity index (χ0v) is 21.0. The highest BCUT2D eigenvalue weighted by Gasteiger charge is 2.24. The van der Waals surface area contributed by atoms with Gasteiger partial charge in [-0.3, -0.25) is 4.57 Å². The van der Waals surface area contributed by atoms with Crippen molar-refractivity contribution < 1.29 is 0 Å². The van der Waals surface area contributed by atoms with Crippen LogP contribution < -0.4 is 0 Å². The van der Waals surface area contributed by atoms with Crippen molar-refractivity contribution in [2.24, 2.45) is 0 Å².